The summed E-state index contributed by atoms with van der Waals surface area (Å²) in [6, 6.07) is 59.5. The minimum atomic E-state index is 0.687. The fraction of sp³-hybridized carbons (Fsp3) is 0. The smallest absolute Gasteiger partial charge is 0.162 e. The lowest BCUT2D eigenvalue weighted by atomic mass is 10.1. The molecule has 0 fully saturated rings. The Kier molecular flexibility index (Phi) is 5.89. The molecule has 4 aromatic heterocycles. The summed E-state index contributed by atoms with van der Waals surface area (Å²) >= 11 is 0. The standard InChI is InChI=1S/C46H28N4O/c1-4-14-29(15-5-1)38-26-45(48-46(47-38)30-16-6-2-7-17-30)50-39-22-12-10-20-32(39)34-24-35-36-25-37-33-21-11-13-23-43(33)51-44(37)28-42(36)49(40(35)27-41(34)50)31-18-8-3-9-19-31/h1-28H. The minimum absolute atomic E-state index is 0.687. The van der Waals surface area contributed by atoms with Gasteiger partial charge in [-0.25, -0.2) is 9.97 Å². The highest BCUT2D eigenvalue weighted by Gasteiger charge is 2.21. The third kappa shape index (κ3) is 4.22. The summed E-state index contributed by atoms with van der Waals surface area (Å²) in [6.07, 6.45) is 0. The molecule has 0 aliphatic heterocycles. The van der Waals surface area contributed by atoms with Crippen LogP contribution in [0.25, 0.3) is 99.7 Å². The third-order valence-electron chi connectivity index (χ3n) is 10.1. The van der Waals surface area contributed by atoms with Gasteiger partial charge in [0.25, 0.3) is 0 Å². The highest BCUT2D eigenvalue weighted by Crippen LogP contribution is 2.42. The first kappa shape index (κ1) is 27.9. The van der Waals surface area contributed by atoms with E-state index in [0.29, 0.717) is 5.82 Å². The van der Waals surface area contributed by atoms with Crippen LogP contribution in [0.15, 0.2) is 174 Å². The molecule has 11 aromatic rings. The van der Waals surface area contributed by atoms with Gasteiger partial charge in [-0.3, -0.25) is 4.57 Å². The van der Waals surface area contributed by atoms with Crippen LogP contribution in [0.3, 0.4) is 0 Å². The van der Waals surface area contributed by atoms with Gasteiger partial charge in [0.2, 0.25) is 0 Å². The van der Waals surface area contributed by atoms with Crippen LogP contribution < -0.4 is 0 Å². The van der Waals surface area contributed by atoms with E-state index in [1.165, 1.54) is 21.5 Å². The fourth-order valence-electron chi connectivity index (χ4n) is 7.82. The van der Waals surface area contributed by atoms with Gasteiger partial charge in [0.05, 0.1) is 27.8 Å². The van der Waals surface area contributed by atoms with E-state index >= 15 is 0 Å². The highest BCUT2D eigenvalue weighted by atomic mass is 16.3. The number of hydrogen-bond acceptors (Lipinski definition) is 3. The molecular weight excluding hydrogens is 625 g/mol. The van der Waals surface area contributed by atoms with Gasteiger partial charge in [-0.05, 0) is 42.5 Å². The molecule has 0 bridgehead atoms. The van der Waals surface area contributed by atoms with E-state index in [1.54, 1.807) is 0 Å². The Morgan fingerprint density at radius 1 is 0.373 bits per heavy atom. The molecule has 0 amide bonds. The number of aromatic nitrogens is 4. The van der Waals surface area contributed by atoms with Gasteiger partial charge in [-0.1, -0.05) is 115 Å². The first-order valence-corrected chi connectivity index (χ1v) is 17.2. The molecule has 11 rings (SSSR count). The van der Waals surface area contributed by atoms with Crippen molar-refractivity contribution < 1.29 is 4.42 Å². The van der Waals surface area contributed by atoms with Crippen molar-refractivity contribution in [2.45, 2.75) is 0 Å². The zero-order valence-corrected chi connectivity index (χ0v) is 27.4. The summed E-state index contributed by atoms with van der Waals surface area (Å²) in [7, 11) is 0. The van der Waals surface area contributed by atoms with E-state index in [9.17, 15) is 0 Å². The number of rotatable bonds is 4. The van der Waals surface area contributed by atoms with Crippen molar-refractivity contribution in [3.63, 3.8) is 0 Å². The fourth-order valence-corrected chi connectivity index (χ4v) is 7.82. The number of hydrogen-bond donors (Lipinski definition) is 0. The molecule has 0 aliphatic rings. The lowest BCUT2D eigenvalue weighted by molar-refractivity contribution is 0.669. The number of fused-ring (bicyclic) bond motifs is 9. The average Bonchev–Trinajstić information content (AvgIpc) is 3.83. The second-order valence-electron chi connectivity index (χ2n) is 13.0. The highest BCUT2D eigenvalue weighted by molar-refractivity contribution is 6.22. The molecule has 5 heteroatoms. The van der Waals surface area contributed by atoms with Gasteiger partial charge >= 0.3 is 0 Å². The summed E-state index contributed by atoms with van der Waals surface area (Å²) in [4.78, 5) is 10.3. The van der Waals surface area contributed by atoms with Crippen molar-refractivity contribution in [3.8, 4) is 34.2 Å². The van der Waals surface area contributed by atoms with Crippen LogP contribution in [0, 0.1) is 0 Å². The second kappa shape index (κ2) is 10.8. The summed E-state index contributed by atoms with van der Waals surface area (Å²) in [5.41, 5.74) is 10.2. The molecule has 0 N–H and O–H groups in total. The summed E-state index contributed by atoms with van der Waals surface area (Å²) in [5, 5.41) is 6.96. The Labute approximate surface area is 292 Å². The molecule has 0 saturated heterocycles. The Hall–Kier alpha value is -6.98. The van der Waals surface area contributed by atoms with Crippen molar-refractivity contribution in [2.75, 3.05) is 0 Å². The molecular formula is C46H28N4O. The molecule has 0 saturated carbocycles. The van der Waals surface area contributed by atoms with Crippen LogP contribution in [-0.2, 0) is 0 Å². The van der Waals surface area contributed by atoms with Gasteiger partial charge in [-0.2, -0.15) is 0 Å². The Morgan fingerprint density at radius 3 is 1.75 bits per heavy atom. The number of para-hydroxylation sites is 3. The van der Waals surface area contributed by atoms with E-state index in [-0.39, 0.29) is 0 Å². The molecule has 0 atom stereocenters. The predicted molar refractivity (Wildman–Crippen MR) is 209 cm³/mol. The van der Waals surface area contributed by atoms with E-state index in [2.05, 4.69) is 143 Å². The maximum Gasteiger partial charge on any atom is 0.162 e. The molecule has 0 spiro atoms. The van der Waals surface area contributed by atoms with Gasteiger partial charge < -0.3 is 8.98 Å². The van der Waals surface area contributed by atoms with Crippen LogP contribution in [-0.4, -0.2) is 19.1 Å². The maximum atomic E-state index is 6.41. The van der Waals surface area contributed by atoms with E-state index in [1.807, 2.05) is 36.4 Å². The molecule has 238 valence electrons. The van der Waals surface area contributed by atoms with Crippen LogP contribution in [0.2, 0.25) is 0 Å². The Morgan fingerprint density at radius 2 is 0.961 bits per heavy atom. The SMILES string of the molecule is c1ccc(-c2cc(-n3c4ccccc4c4cc5c6cc7c(cc6n(-c6ccccc6)c5cc43)oc3ccccc37)nc(-c3ccccc3)n2)cc1. The van der Waals surface area contributed by atoms with Crippen LogP contribution >= 0.6 is 0 Å². The summed E-state index contributed by atoms with van der Waals surface area (Å²) < 4.78 is 11.1. The quantitative estimate of drug-likeness (QED) is 0.190. The molecule has 51 heavy (non-hydrogen) atoms. The summed E-state index contributed by atoms with van der Waals surface area (Å²) in [5.74, 6) is 1.51. The first-order valence-electron chi connectivity index (χ1n) is 17.2. The number of benzene rings is 7. The number of nitrogens with zero attached hydrogens (tertiary/aromatic N) is 4. The van der Waals surface area contributed by atoms with Crippen LogP contribution in [0.4, 0.5) is 0 Å². The second-order valence-corrected chi connectivity index (χ2v) is 13.0. The molecule has 7 aromatic carbocycles. The van der Waals surface area contributed by atoms with Crippen molar-refractivity contribution in [1.29, 1.82) is 0 Å². The van der Waals surface area contributed by atoms with E-state index in [4.69, 9.17) is 14.4 Å². The topological polar surface area (TPSA) is 48.8 Å². The molecule has 0 aliphatic carbocycles. The van der Waals surface area contributed by atoms with Crippen molar-refractivity contribution in [1.82, 2.24) is 19.1 Å². The molecule has 5 nitrogen and oxygen atoms in total. The van der Waals surface area contributed by atoms with Gasteiger partial charge in [0.1, 0.15) is 17.0 Å². The minimum Gasteiger partial charge on any atom is -0.456 e. The predicted octanol–water partition coefficient (Wildman–Crippen LogP) is 11.9. The summed E-state index contributed by atoms with van der Waals surface area (Å²) in [6.45, 7) is 0. The Balaban J connectivity index is 1.27. The van der Waals surface area contributed by atoms with Crippen molar-refractivity contribution >= 4 is 65.6 Å². The van der Waals surface area contributed by atoms with Crippen molar-refractivity contribution in [2.24, 2.45) is 0 Å². The zero-order valence-electron chi connectivity index (χ0n) is 27.4. The number of furan rings is 1. The van der Waals surface area contributed by atoms with Crippen LogP contribution in [0.1, 0.15) is 0 Å². The van der Waals surface area contributed by atoms with Gasteiger partial charge in [-0.15, -0.1) is 0 Å². The first-order chi connectivity index (χ1) is 25.3. The largest absolute Gasteiger partial charge is 0.456 e. The maximum absolute atomic E-state index is 6.41. The average molecular weight is 653 g/mol. The van der Waals surface area contributed by atoms with Crippen LogP contribution in [0.5, 0.6) is 0 Å². The third-order valence-corrected chi connectivity index (χ3v) is 10.1. The molecule has 0 unspecified atom stereocenters. The lowest BCUT2D eigenvalue weighted by Gasteiger charge is -2.12. The zero-order chi connectivity index (χ0) is 33.5. The lowest BCUT2D eigenvalue weighted by Crippen LogP contribution is -2.02. The monoisotopic (exact) mass is 652 g/mol. The van der Waals surface area contributed by atoms with E-state index < -0.39 is 0 Å². The normalized spacial score (nSPS) is 11.9. The van der Waals surface area contributed by atoms with Gasteiger partial charge in [0.15, 0.2) is 5.82 Å². The van der Waals surface area contributed by atoms with Crippen molar-refractivity contribution in [3.05, 3.63) is 170 Å². The van der Waals surface area contributed by atoms with E-state index in [0.717, 1.165) is 72.3 Å². The van der Waals surface area contributed by atoms with Gasteiger partial charge in [0, 0.05) is 61.3 Å². The molecule has 0 radical (unpaired) electrons. The molecule has 4 heterocycles. The Bertz CT molecular complexity index is 3060.